The van der Waals surface area contributed by atoms with E-state index in [1.807, 2.05) is 50.8 Å². The van der Waals surface area contributed by atoms with Crippen LogP contribution < -0.4 is 0 Å². The Hall–Kier alpha value is -1.19. The molecule has 0 saturated carbocycles. The van der Waals surface area contributed by atoms with Gasteiger partial charge in [-0.1, -0.05) is 23.8 Å². The van der Waals surface area contributed by atoms with Crippen molar-refractivity contribution in [3.05, 3.63) is 34.9 Å². The maximum Gasteiger partial charge on any atom is 0.177 e. The van der Waals surface area contributed by atoms with Gasteiger partial charge in [-0.2, -0.15) is 0 Å². The van der Waals surface area contributed by atoms with Crippen LogP contribution in [0, 0.1) is 13.8 Å². The highest BCUT2D eigenvalue weighted by molar-refractivity contribution is 5.99. The van der Waals surface area contributed by atoms with Crippen LogP contribution in [-0.2, 0) is 0 Å². The van der Waals surface area contributed by atoms with E-state index in [9.17, 15) is 4.79 Å². The SMILES string of the molecule is Cc1ccc(C(=O)CN(CCO)C(C)C)c(C)c1. The fourth-order valence-electron chi connectivity index (χ4n) is 2.04. The quantitative estimate of drug-likeness (QED) is 0.786. The molecule has 100 valence electrons. The molecule has 0 aliphatic carbocycles. The molecular formula is C15H23NO2. The number of carbonyl (C=O) groups is 1. The van der Waals surface area contributed by atoms with Crippen molar-refractivity contribution in [2.24, 2.45) is 0 Å². The van der Waals surface area contributed by atoms with Crippen LogP contribution in [0.15, 0.2) is 18.2 Å². The molecule has 18 heavy (non-hydrogen) atoms. The maximum atomic E-state index is 12.2. The lowest BCUT2D eigenvalue weighted by molar-refractivity contribution is 0.0880. The normalized spacial score (nSPS) is 11.3. The molecule has 0 spiro atoms. The number of benzene rings is 1. The van der Waals surface area contributed by atoms with Gasteiger partial charge < -0.3 is 5.11 Å². The van der Waals surface area contributed by atoms with Gasteiger partial charge >= 0.3 is 0 Å². The molecule has 0 aromatic heterocycles. The Kier molecular flexibility index (Phi) is 5.51. The van der Waals surface area contributed by atoms with Crippen molar-refractivity contribution < 1.29 is 9.90 Å². The predicted octanol–water partition coefficient (Wildman–Crippen LogP) is 2.19. The Morgan fingerprint density at radius 1 is 1.33 bits per heavy atom. The van der Waals surface area contributed by atoms with Gasteiger partial charge in [-0.05, 0) is 33.3 Å². The van der Waals surface area contributed by atoms with E-state index >= 15 is 0 Å². The molecule has 1 aromatic carbocycles. The molecule has 1 aromatic rings. The molecule has 0 radical (unpaired) electrons. The fourth-order valence-corrected chi connectivity index (χ4v) is 2.04. The number of hydrogen-bond donors (Lipinski definition) is 1. The number of hydrogen-bond acceptors (Lipinski definition) is 3. The summed E-state index contributed by atoms with van der Waals surface area (Å²) in [4.78, 5) is 14.2. The van der Waals surface area contributed by atoms with Crippen LogP contribution in [0.4, 0.5) is 0 Å². The summed E-state index contributed by atoms with van der Waals surface area (Å²) in [6.45, 7) is 9.03. The first-order chi connectivity index (χ1) is 8.45. The molecule has 0 unspecified atom stereocenters. The second kappa shape index (κ2) is 6.66. The number of rotatable bonds is 6. The van der Waals surface area contributed by atoms with Gasteiger partial charge in [0.05, 0.1) is 13.2 Å². The summed E-state index contributed by atoms with van der Waals surface area (Å²) < 4.78 is 0. The Labute approximate surface area is 109 Å². The summed E-state index contributed by atoms with van der Waals surface area (Å²) in [6, 6.07) is 6.14. The van der Waals surface area contributed by atoms with E-state index in [1.165, 1.54) is 5.56 Å². The number of aryl methyl sites for hydroxylation is 2. The van der Waals surface area contributed by atoms with Gasteiger partial charge in [0.1, 0.15) is 0 Å². The van der Waals surface area contributed by atoms with Crippen LogP contribution >= 0.6 is 0 Å². The van der Waals surface area contributed by atoms with Gasteiger partial charge in [-0.15, -0.1) is 0 Å². The molecule has 0 atom stereocenters. The smallest absolute Gasteiger partial charge is 0.177 e. The standard InChI is InChI=1S/C15H23NO2/c1-11(2)16(7-8-17)10-15(18)14-6-5-12(3)9-13(14)4/h5-6,9,11,17H,7-8,10H2,1-4H3. The predicted molar refractivity (Wildman–Crippen MR) is 74.0 cm³/mol. The van der Waals surface area contributed by atoms with Crippen LogP contribution in [0.3, 0.4) is 0 Å². The molecule has 0 fully saturated rings. The summed E-state index contributed by atoms with van der Waals surface area (Å²) in [5, 5.41) is 9.01. The summed E-state index contributed by atoms with van der Waals surface area (Å²) in [6.07, 6.45) is 0. The van der Waals surface area contributed by atoms with Gasteiger partial charge in [-0.25, -0.2) is 0 Å². The average molecular weight is 249 g/mol. The number of ketones is 1. The number of carbonyl (C=O) groups excluding carboxylic acids is 1. The number of aliphatic hydroxyl groups excluding tert-OH is 1. The van der Waals surface area contributed by atoms with E-state index in [4.69, 9.17) is 5.11 Å². The topological polar surface area (TPSA) is 40.5 Å². The zero-order valence-electron chi connectivity index (χ0n) is 11.7. The summed E-state index contributed by atoms with van der Waals surface area (Å²) in [5.74, 6) is 0.120. The third-order valence-corrected chi connectivity index (χ3v) is 3.15. The molecule has 0 heterocycles. The van der Waals surface area contributed by atoms with Crippen LogP contribution in [0.5, 0.6) is 0 Å². The minimum absolute atomic E-state index is 0.0817. The Bertz CT molecular complexity index is 413. The minimum atomic E-state index is 0.0817. The van der Waals surface area contributed by atoms with Crippen molar-refractivity contribution in [3.8, 4) is 0 Å². The summed E-state index contributed by atoms with van der Waals surface area (Å²) in [7, 11) is 0. The molecule has 1 N–H and O–H groups in total. The lowest BCUT2D eigenvalue weighted by atomic mass is 10.0. The fraction of sp³-hybridized carbons (Fsp3) is 0.533. The first-order valence-electron chi connectivity index (χ1n) is 6.41. The Balaban J connectivity index is 2.80. The van der Waals surface area contributed by atoms with Gasteiger partial charge in [-0.3, -0.25) is 9.69 Å². The Morgan fingerprint density at radius 3 is 2.50 bits per heavy atom. The first-order valence-corrected chi connectivity index (χ1v) is 6.41. The molecule has 3 nitrogen and oxygen atoms in total. The third-order valence-electron chi connectivity index (χ3n) is 3.15. The Morgan fingerprint density at radius 2 is 2.00 bits per heavy atom. The molecular weight excluding hydrogens is 226 g/mol. The third kappa shape index (κ3) is 3.93. The van der Waals surface area contributed by atoms with E-state index in [-0.39, 0.29) is 18.4 Å². The van der Waals surface area contributed by atoms with Crippen molar-refractivity contribution in [2.45, 2.75) is 33.7 Å². The van der Waals surface area contributed by atoms with E-state index < -0.39 is 0 Å². The van der Waals surface area contributed by atoms with E-state index in [2.05, 4.69) is 0 Å². The molecule has 3 heteroatoms. The first kappa shape index (κ1) is 14.9. The van der Waals surface area contributed by atoms with Crippen LogP contribution in [0.2, 0.25) is 0 Å². The number of Topliss-reactive ketones (excluding diaryl/α,β-unsaturated/α-hetero) is 1. The highest BCUT2D eigenvalue weighted by atomic mass is 16.3. The molecule has 0 saturated heterocycles. The molecule has 0 aliphatic heterocycles. The largest absolute Gasteiger partial charge is 0.395 e. The maximum absolute atomic E-state index is 12.2. The van der Waals surface area contributed by atoms with Crippen LogP contribution in [-0.4, -0.2) is 41.5 Å². The molecule has 0 bridgehead atoms. The zero-order chi connectivity index (χ0) is 13.7. The van der Waals surface area contributed by atoms with Crippen molar-refractivity contribution in [2.75, 3.05) is 19.7 Å². The molecule has 0 amide bonds. The second-order valence-electron chi connectivity index (χ2n) is 5.03. The minimum Gasteiger partial charge on any atom is -0.395 e. The number of aliphatic hydroxyl groups is 1. The highest BCUT2D eigenvalue weighted by Gasteiger charge is 2.16. The lowest BCUT2D eigenvalue weighted by Gasteiger charge is -2.24. The van der Waals surface area contributed by atoms with Crippen molar-refractivity contribution in [1.29, 1.82) is 0 Å². The van der Waals surface area contributed by atoms with Gasteiger partial charge in [0.15, 0.2) is 5.78 Å². The molecule has 0 aliphatic rings. The van der Waals surface area contributed by atoms with E-state index in [1.54, 1.807) is 0 Å². The average Bonchev–Trinajstić information content (AvgIpc) is 2.27. The van der Waals surface area contributed by atoms with Gasteiger partial charge in [0.2, 0.25) is 0 Å². The highest BCUT2D eigenvalue weighted by Crippen LogP contribution is 2.12. The lowest BCUT2D eigenvalue weighted by Crippen LogP contribution is -2.37. The second-order valence-corrected chi connectivity index (χ2v) is 5.03. The van der Waals surface area contributed by atoms with Gasteiger partial charge in [0, 0.05) is 18.2 Å². The van der Waals surface area contributed by atoms with Crippen LogP contribution in [0.1, 0.15) is 35.3 Å². The van der Waals surface area contributed by atoms with E-state index in [0.717, 1.165) is 11.1 Å². The molecule has 1 rings (SSSR count). The summed E-state index contributed by atoms with van der Waals surface area (Å²) >= 11 is 0. The summed E-state index contributed by atoms with van der Waals surface area (Å²) in [5.41, 5.74) is 2.97. The van der Waals surface area contributed by atoms with E-state index in [0.29, 0.717) is 13.1 Å². The van der Waals surface area contributed by atoms with Gasteiger partial charge in [0.25, 0.3) is 0 Å². The zero-order valence-corrected chi connectivity index (χ0v) is 11.7. The number of nitrogens with zero attached hydrogens (tertiary/aromatic N) is 1. The van der Waals surface area contributed by atoms with Crippen LogP contribution in [0.25, 0.3) is 0 Å². The monoisotopic (exact) mass is 249 g/mol. The van der Waals surface area contributed by atoms with Crippen molar-refractivity contribution in [3.63, 3.8) is 0 Å². The van der Waals surface area contributed by atoms with Crippen molar-refractivity contribution >= 4 is 5.78 Å². The van der Waals surface area contributed by atoms with Crippen molar-refractivity contribution in [1.82, 2.24) is 4.90 Å².